The van der Waals surface area contributed by atoms with Crippen molar-refractivity contribution in [1.82, 2.24) is 0 Å². The van der Waals surface area contributed by atoms with Gasteiger partial charge in [0.05, 0.1) is 13.2 Å². The van der Waals surface area contributed by atoms with E-state index in [9.17, 15) is 5.11 Å². The molecule has 0 aromatic carbocycles. The van der Waals surface area contributed by atoms with E-state index in [0.29, 0.717) is 12.3 Å². The second kappa shape index (κ2) is 5.51. The highest BCUT2D eigenvalue weighted by atomic mass is 16.4. The Hall–Kier alpha value is -0.120. The maximum absolute atomic E-state index is 9.56. The van der Waals surface area contributed by atoms with E-state index < -0.39 is 5.60 Å². The van der Waals surface area contributed by atoms with Crippen molar-refractivity contribution in [2.45, 2.75) is 38.7 Å². The molecule has 0 aromatic heterocycles. The standard InChI is InChI=1S/C9H20O3/c1-3-8(4-2)5-9(12,6-10)7-11/h8,10-12H,3-7H2,1-2H3. The predicted octanol–water partition coefficient (Wildman–Crippen LogP) is 0.528. The Balaban J connectivity index is 3.99. The van der Waals surface area contributed by atoms with Crippen molar-refractivity contribution in [3.8, 4) is 0 Å². The van der Waals surface area contributed by atoms with Gasteiger partial charge in [0.15, 0.2) is 0 Å². The number of hydrogen-bond donors (Lipinski definition) is 3. The van der Waals surface area contributed by atoms with Crippen LogP contribution in [0.4, 0.5) is 0 Å². The van der Waals surface area contributed by atoms with Gasteiger partial charge in [-0.15, -0.1) is 0 Å². The summed E-state index contributed by atoms with van der Waals surface area (Å²) in [6.45, 7) is 3.37. The molecule has 0 aromatic rings. The Morgan fingerprint density at radius 1 is 1.08 bits per heavy atom. The molecular formula is C9H20O3. The lowest BCUT2D eigenvalue weighted by molar-refractivity contribution is -0.0706. The Kier molecular flexibility index (Phi) is 5.46. The zero-order valence-corrected chi connectivity index (χ0v) is 7.95. The Labute approximate surface area is 74.0 Å². The van der Waals surface area contributed by atoms with Crippen molar-refractivity contribution >= 4 is 0 Å². The first-order valence-electron chi connectivity index (χ1n) is 4.56. The molecule has 12 heavy (non-hydrogen) atoms. The molecule has 0 heterocycles. The van der Waals surface area contributed by atoms with E-state index in [1.807, 2.05) is 13.8 Å². The monoisotopic (exact) mass is 176 g/mol. The molecule has 0 amide bonds. The van der Waals surface area contributed by atoms with Crippen LogP contribution in [-0.2, 0) is 0 Å². The van der Waals surface area contributed by atoms with E-state index in [-0.39, 0.29) is 13.2 Å². The fraction of sp³-hybridized carbons (Fsp3) is 1.00. The lowest BCUT2D eigenvalue weighted by atomic mass is 9.88. The molecule has 3 heteroatoms. The minimum absolute atomic E-state index is 0.361. The number of hydrogen-bond acceptors (Lipinski definition) is 3. The normalized spacial score (nSPS) is 12.5. The van der Waals surface area contributed by atoms with Gasteiger partial charge in [-0.25, -0.2) is 0 Å². The minimum Gasteiger partial charge on any atom is -0.393 e. The molecule has 0 saturated heterocycles. The summed E-state index contributed by atoms with van der Waals surface area (Å²) < 4.78 is 0. The minimum atomic E-state index is -1.28. The van der Waals surface area contributed by atoms with Crippen LogP contribution in [0, 0.1) is 5.92 Å². The van der Waals surface area contributed by atoms with Crippen LogP contribution in [0.3, 0.4) is 0 Å². The first-order chi connectivity index (χ1) is 5.61. The first kappa shape index (κ1) is 11.9. The van der Waals surface area contributed by atoms with Crippen LogP contribution >= 0.6 is 0 Å². The summed E-state index contributed by atoms with van der Waals surface area (Å²) in [4.78, 5) is 0. The van der Waals surface area contributed by atoms with E-state index in [0.717, 1.165) is 12.8 Å². The van der Waals surface area contributed by atoms with Gasteiger partial charge < -0.3 is 15.3 Å². The van der Waals surface area contributed by atoms with Crippen molar-refractivity contribution in [1.29, 1.82) is 0 Å². The second-order valence-electron chi connectivity index (χ2n) is 3.43. The Morgan fingerprint density at radius 2 is 1.50 bits per heavy atom. The lowest BCUT2D eigenvalue weighted by Crippen LogP contribution is -2.39. The SMILES string of the molecule is CCC(CC)CC(O)(CO)CO. The third-order valence-corrected chi connectivity index (χ3v) is 2.41. The van der Waals surface area contributed by atoms with Gasteiger partial charge in [-0.2, -0.15) is 0 Å². The van der Waals surface area contributed by atoms with Gasteiger partial charge in [-0.3, -0.25) is 0 Å². The molecule has 0 radical (unpaired) electrons. The molecule has 0 aliphatic heterocycles. The average molecular weight is 176 g/mol. The molecule has 0 spiro atoms. The maximum atomic E-state index is 9.56. The summed E-state index contributed by atoms with van der Waals surface area (Å²) >= 11 is 0. The third kappa shape index (κ3) is 3.52. The lowest BCUT2D eigenvalue weighted by Gasteiger charge is -2.27. The summed E-state index contributed by atoms with van der Waals surface area (Å²) in [5, 5.41) is 27.2. The first-order valence-corrected chi connectivity index (χ1v) is 4.56. The quantitative estimate of drug-likeness (QED) is 0.553. The molecule has 0 rings (SSSR count). The van der Waals surface area contributed by atoms with E-state index in [1.165, 1.54) is 0 Å². The van der Waals surface area contributed by atoms with Gasteiger partial charge in [0.1, 0.15) is 5.60 Å². The van der Waals surface area contributed by atoms with Crippen molar-refractivity contribution in [3.63, 3.8) is 0 Å². The van der Waals surface area contributed by atoms with Crippen LogP contribution in [0.25, 0.3) is 0 Å². The molecule has 0 atom stereocenters. The zero-order valence-electron chi connectivity index (χ0n) is 7.95. The predicted molar refractivity (Wildman–Crippen MR) is 47.8 cm³/mol. The number of aliphatic hydroxyl groups is 3. The van der Waals surface area contributed by atoms with Gasteiger partial charge in [-0.1, -0.05) is 26.7 Å². The van der Waals surface area contributed by atoms with Gasteiger partial charge >= 0.3 is 0 Å². The molecule has 74 valence electrons. The van der Waals surface area contributed by atoms with E-state index in [2.05, 4.69) is 0 Å². The maximum Gasteiger partial charge on any atom is 0.111 e. The molecule has 0 aliphatic carbocycles. The van der Waals surface area contributed by atoms with E-state index in [4.69, 9.17) is 10.2 Å². The number of rotatable bonds is 6. The Bertz CT molecular complexity index is 106. The molecule has 0 unspecified atom stereocenters. The highest BCUT2D eigenvalue weighted by Crippen LogP contribution is 2.21. The summed E-state index contributed by atoms with van der Waals surface area (Å²) in [7, 11) is 0. The summed E-state index contributed by atoms with van der Waals surface area (Å²) in [5.41, 5.74) is -1.28. The fourth-order valence-electron chi connectivity index (χ4n) is 1.29. The average Bonchev–Trinajstić information content (AvgIpc) is 2.14. The third-order valence-electron chi connectivity index (χ3n) is 2.41. The summed E-state index contributed by atoms with van der Waals surface area (Å²) in [6, 6.07) is 0. The smallest absolute Gasteiger partial charge is 0.111 e. The topological polar surface area (TPSA) is 60.7 Å². The highest BCUT2D eigenvalue weighted by Gasteiger charge is 2.27. The van der Waals surface area contributed by atoms with Crippen molar-refractivity contribution in [2.75, 3.05) is 13.2 Å². The van der Waals surface area contributed by atoms with Gasteiger partial charge in [0.25, 0.3) is 0 Å². The van der Waals surface area contributed by atoms with Gasteiger partial charge in [0, 0.05) is 0 Å². The molecule has 0 saturated carbocycles. The van der Waals surface area contributed by atoms with Crippen LogP contribution in [0.15, 0.2) is 0 Å². The molecule has 3 nitrogen and oxygen atoms in total. The van der Waals surface area contributed by atoms with E-state index >= 15 is 0 Å². The largest absolute Gasteiger partial charge is 0.393 e. The molecule has 0 fully saturated rings. The second-order valence-corrected chi connectivity index (χ2v) is 3.43. The van der Waals surface area contributed by atoms with Crippen LogP contribution in [0.5, 0.6) is 0 Å². The van der Waals surface area contributed by atoms with Crippen molar-refractivity contribution in [2.24, 2.45) is 5.92 Å². The molecular weight excluding hydrogens is 156 g/mol. The highest BCUT2D eigenvalue weighted by molar-refractivity contribution is 4.79. The van der Waals surface area contributed by atoms with Crippen LogP contribution in [-0.4, -0.2) is 34.1 Å². The van der Waals surface area contributed by atoms with Gasteiger partial charge in [0.2, 0.25) is 0 Å². The number of aliphatic hydroxyl groups excluding tert-OH is 2. The van der Waals surface area contributed by atoms with Crippen molar-refractivity contribution in [3.05, 3.63) is 0 Å². The van der Waals surface area contributed by atoms with Crippen molar-refractivity contribution < 1.29 is 15.3 Å². The zero-order chi connectivity index (χ0) is 9.61. The Morgan fingerprint density at radius 3 is 1.75 bits per heavy atom. The molecule has 0 aliphatic rings. The van der Waals surface area contributed by atoms with Gasteiger partial charge in [-0.05, 0) is 12.3 Å². The summed E-state index contributed by atoms with van der Waals surface area (Å²) in [6.07, 6.45) is 2.42. The molecule has 3 N–H and O–H groups in total. The van der Waals surface area contributed by atoms with Crippen LogP contribution in [0.1, 0.15) is 33.1 Å². The fourth-order valence-corrected chi connectivity index (χ4v) is 1.29. The molecule has 0 bridgehead atoms. The van der Waals surface area contributed by atoms with Crippen LogP contribution in [0.2, 0.25) is 0 Å². The summed E-state index contributed by atoms with van der Waals surface area (Å²) in [5.74, 6) is 0.384. The van der Waals surface area contributed by atoms with E-state index in [1.54, 1.807) is 0 Å². The van der Waals surface area contributed by atoms with Crippen LogP contribution < -0.4 is 0 Å².